The first-order valence-electron chi connectivity index (χ1n) is 5.37. The molecule has 0 saturated carbocycles. The van der Waals surface area contributed by atoms with Crippen LogP contribution in [0.5, 0.6) is 0 Å². The minimum Gasteiger partial charge on any atom is -0.350 e. The van der Waals surface area contributed by atoms with Gasteiger partial charge in [0.15, 0.2) is 0 Å². The third-order valence-electron chi connectivity index (χ3n) is 2.32. The second-order valence-electron chi connectivity index (χ2n) is 3.69. The van der Waals surface area contributed by atoms with Gasteiger partial charge >= 0.3 is 0 Å². The van der Waals surface area contributed by atoms with Crippen LogP contribution in [0, 0.1) is 5.82 Å². The number of carbonyl (C=O) groups excluding carboxylic acids is 1. The third kappa shape index (κ3) is 3.30. The maximum atomic E-state index is 12.9. The zero-order valence-electron chi connectivity index (χ0n) is 9.44. The van der Waals surface area contributed by atoms with Crippen molar-refractivity contribution in [3.05, 3.63) is 53.1 Å². The number of hydrogen-bond acceptors (Lipinski definition) is 2. The standard InChI is InChI=1S/C12H11ClFN3O/c13-10-7-16-17(8-10)5-4-15-12(18)9-2-1-3-11(14)6-9/h1-3,6-8H,4-5H2,(H,15,18). The molecule has 4 nitrogen and oxygen atoms in total. The van der Waals surface area contributed by atoms with Gasteiger partial charge in [-0.1, -0.05) is 17.7 Å². The summed E-state index contributed by atoms with van der Waals surface area (Å²) in [4.78, 5) is 11.7. The summed E-state index contributed by atoms with van der Waals surface area (Å²) in [6.07, 6.45) is 3.19. The lowest BCUT2D eigenvalue weighted by molar-refractivity contribution is 0.0951. The number of nitrogens with zero attached hydrogens (tertiary/aromatic N) is 2. The highest BCUT2D eigenvalue weighted by molar-refractivity contribution is 6.30. The molecule has 1 heterocycles. The molecule has 0 fully saturated rings. The highest BCUT2D eigenvalue weighted by Gasteiger charge is 2.05. The Labute approximate surface area is 108 Å². The van der Waals surface area contributed by atoms with Gasteiger partial charge in [-0.25, -0.2) is 4.39 Å². The first kappa shape index (κ1) is 12.6. The Morgan fingerprint density at radius 2 is 2.33 bits per heavy atom. The molecule has 1 aromatic heterocycles. The van der Waals surface area contributed by atoms with E-state index in [1.165, 1.54) is 24.4 Å². The van der Waals surface area contributed by atoms with Crippen LogP contribution in [0.15, 0.2) is 36.7 Å². The zero-order chi connectivity index (χ0) is 13.0. The molecular weight excluding hydrogens is 257 g/mol. The Kier molecular flexibility index (Phi) is 3.94. The van der Waals surface area contributed by atoms with Crippen molar-refractivity contribution >= 4 is 17.5 Å². The molecule has 0 bridgehead atoms. The van der Waals surface area contributed by atoms with Gasteiger partial charge in [0, 0.05) is 18.3 Å². The van der Waals surface area contributed by atoms with E-state index >= 15 is 0 Å². The average molecular weight is 268 g/mol. The Hall–Kier alpha value is -1.88. The second kappa shape index (κ2) is 5.64. The molecule has 0 saturated heterocycles. The summed E-state index contributed by atoms with van der Waals surface area (Å²) in [5.41, 5.74) is 0.300. The van der Waals surface area contributed by atoms with Crippen molar-refractivity contribution in [1.82, 2.24) is 15.1 Å². The monoisotopic (exact) mass is 267 g/mol. The van der Waals surface area contributed by atoms with Crippen LogP contribution in [-0.4, -0.2) is 22.2 Å². The molecular formula is C12H11ClFN3O. The van der Waals surface area contributed by atoms with Gasteiger partial charge in [-0.3, -0.25) is 9.48 Å². The number of carbonyl (C=O) groups is 1. The third-order valence-corrected chi connectivity index (χ3v) is 2.51. The summed E-state index contributed by atoms with van der Waals surface area (Å²) >= 11 is 5.70. The summed E-state index contributed by atoms with van der Waals surface area (Å²) < 4.78 is 14.5. The Balaban J connectivity index is 1.85. The lowest BCUT2D eigenvalue weighted by atomic mass is 10.2. The molecule has 2 rings (SSSR count). The fourth-order valence-electron chi connectivity index (χ4n) is 1.48. The van der Waals surface area contributed by atoms with Gasteiger partial charge in [0.05, 0.1) is 17.8 Å². The van der Waals surface area contributed by atoms with Gasteiger partial charge in [0.1, 0.15) is 5.82 Å². The molecule has 1 N–H and O–H groups in total. The quantitative estimate of drug-likeness (QED) is 0.922. The van der Waals surface area contributed by atoms with Crippen LogP contribution in [0.1, 0.15) is 10.4 Å². The first-order chi connectivity index (χ1) is 8.65. The second-order valence-corrected chi connectivity index (χ2v) is 4.12. The molecule has 1 amide bonds. The lowest BCUT2D eigenvalue weighted by Gasteiger charge is -2.05. The van der Waals surface area contributed by atoms with Crippen LogP contribution in [0.2, 0.25) is 5.02 Å². The summed E-state index contributed by atoms with van der Waals surface area (Å²) in [6, 6.07) is 5.54. The van der Waals surface area contributed by atoms with E-state index in [-0.39, 0.29) is 5.91 Å². The van der Waals surface area contributed by atoms with Crippen molar-refractivity contribution in [3.8, 4) is 0 Å². The van der Waals surface area contributed by atoms with Crippen LogP contribution in [-0.2, 0) is 6.54 Å². The van der Waals surface area contributed by atoms with Crippen molar-refractivity contribution in [3.63, 3.8) is 0 Å². The van der Waals surface area contributed by atoms with E-state index in [2.05, 4.69) is 10.4 Å². The number of rotatable bonds is 4. The Morgan fingerprint density at radius 1 is 1.50 bits per heavy atom. The number of nitrogens with one attached hydrogen (secondary N) is 1. The largest absolute Gasteiger partial charge is 0.350 e. The van der Waals surface area contributed by atoms with Gasteiger partial charge in [0.2, 0.25) is 0 Å². The zero-order valence-corrected chi connectivity index (χ0v) is 10.2. The number of aromatic nitrogens is 2. The topological polar surface area (TPSA) is 46.9 Å². The molecule has 0 aliphatic carbocycles. The van der Waals surface area contributed by atoms with Crippen LogP contribution >= 0.6 is 11.6 Å². The predicted octanol–water partition coefficient (Wildman–Crippen LogP) is 2.11. The molecule has 18 heavy (non-hydrogen) atoms. The smallest absolute Gasteiger partial charge is 0.251 e. The van der Waals surface area contributed by atoms with Crippen LogP contribution in [0.25, 0.3) is 0 Å². The van der Waals surface area contributed by atoms with E-state index in [1.54, 1.807) is 16.9 Å². The number of benzene rings is 1. The van der Waals surface area contributed by atoms with Gasteiger partial charge in [0.25, 0.3) is 5.91 Å². The minimum atomic E-state index is -0.429. The van der Waals surface area contributed by atoms with Gasteiger partial charge < -0.3 is 5.32 Å². The van der Waals surface area contributed by atoms with Gasteiger partial charge in [-0.05, 0) is 18.2 Å². The van der Waals surface area contributed by atoms with Crippen LogP contribution < -0.4 is 5.32 Å². The molecule has 6 heteroatoms. The fraction of sp³-hybridized carbons (Fsp3) is 0.167. The molecule has 0 spiro atoms. The molecule has 2 aromatic rings. The van der Waals surface area contributed by atoms with Crippen molar-refractivity contribution in [2.45, 2.75) is 6.54 Å². The van der Waals surface area contributed by atoms with Crippen molar-refractivity contribution in [2.24, 2.45) is 0 Å². The molecule has 0 unspecified atom stereocenters. The normalized spacial score (nSPS) is 10.3. The number of hydrogen-bond donors (Lipinski definition) is 1. The molecule has 0 radical (unpaired) electrons. The highest BCUT2D eigenvalue weighted by atomic mass is 35.5. The molecule has 0 atom stereocenters. The van der Waals surface area contributed by atoms with E-state index in [0.29, 0.717) is 23.7 Å². The SMILES string of the molecule is O=C(NCCn1cc(Cl)cn1)c1cccc(F)c1. The van der Waals surface area contributed by atoms with Gasteiger partial charge in [-0.15, -0.1) is 0 Å². The molecule has 0 aliphatic heterocycles. The van der Waals surface area contributed by atoms with E-state index in [9.17, 15) is 9.18 Å². The highest BCUT2D eigenvalue weighted by Crippen LogP contribution is 2.04. The molecule has 94 valence electrons. The molecule has 1 aromatic carbocycles. The van der Waals surface area contributed by atoms with Gasteiger partial charge in [-0.2, -0.15) is 5.10 Å². The van der Waals surface area contributed by atoms with E-state index in [0.717, 1.165) is 0 Å². The lowest BCUT2D eigenvalue weighted by Crippen LogP contribution is -2.27. The number of amides is 1. The van der Waals surface area contributed by atoms with E-state index in [4.69, 9.17) is 11.6 Å². The summed E-state index contributed by atoms with van der Waals surface area (Å²) in [5.74, 6) is -0.741. The Bertz CT molecular complexity index is 556. The minimum absolute atomic E-state index is 0.300. The first-order valence-corrected chi connectivity index (χ1v) is 5.74. The Morgan fingerprint density at radius 3 is 3.00 bits per heavy atom. The van der Waals surface area contributed by atoms with Crippen LogP contribution in [0.3, 0.4) is 0 Å². The van der Waals surface area contributed by atoms with Crippen molar-refractivity contribution in [2.75, 3.05) is 6.54 Å². The molecule has 0 aliphatic rings. The maximum Gasteiger partial charge on any atom is 0.251 e. The number of halogens is 2. The average Bonchev–Trinajstić information content (AvgIpc) is 2.75. The van der Waals surface area contributed by atoms with E-state index in [1.807, 2.05) is 0 Å². The summed E-state index contributed by atoms with van der Waals surface area (Å²) in [5, 5.41) is 7.19. The predicted molar refractivity (Wildman–Crippen MR) is 66.0 cm³/mol. The summed E-state index contributed by atoms with van der Waals surface area (Å²) in [6.45, 7) is 0.904. The fourth-order valence-corrected chi connectivity index (χ4v) is 1.63. The van der Waals surface area contributed by atoms with Crippen molar-refractivity contribution in [1.29, 1.82) is 0 Å². The van der Waals surface area contributed by atoms with E-state index < -0.39 is 5.82 Å². The maximum absolute atomic E-state index is 12.9. The van der Waals surface area contributed by atoms with Crippen molar-refractivity contribution < 1.29 is 9.18 Å². The van der Waals surface area contributed by atoms with Crippen LogP contribution in [0.4, 0.5) is 4.39 Å². The summed E-state index contributed by atoms with van der Waals surface area (Å²) in [7, 11) is 0.